The zero-order chi connectivity index (χ0) is 15.8. The monoisotopic (exact) mass is 308 g/mol. The maximum absolute atomic E-state index is 11.0. The maximum Gasteiger partial charge on any atom is 0.226 e. The van der Waals surface area contributed by atoms with E-state index in [1.165, 1.54) is 17.7 Å². The molecule has 2 N–H and O–H groups in total. The van der Waals surface area contributed by atoms with Crippen LogP contribution in [-0.2, 0) is 24.1 Å². The summed E-state index contributed by atoms with van der Waals surface area (Å²) >= 11 is 0. The molecule has 0 atom stereocenters. The number of anilines is 1. The number of benzene rings is 1. The summed E-state index contributed by atoms with van der Waals surface area (Å²) < 4.78 is 0. The molecule has 0 spiro atoms. The smallest absolute Gasteiger partial charge is 0.226 e. The van der Waals surface area contributed by atoms with Gasteiger partial charge in [-0.05, 0) is 31.2 Å². The van der Waals surface area contributed by atoms with E-state index in [0.717, 1.165) is 55.1 Å². The third-order valence-corrected chi connectivity index (χ3v) is 4.67. The van der Waals surface area contributed by atoms with E-state index < -0.39 is 0 Å². The highest BCUT2D eigenvalue weighted by molar-refractivity contribution is 5.77. The highest BCUT2D eigenvalue weighted by Crippen LogP contribution is 2.32. The number of aryl methyl sites for hydroxylation is 1. The van der Waals surface area contributed by atoms with Gasteiger partial charge < -0.3 is 10.6 Å². The Morgan fingerprint density at radius 3 is 2.52 bits per heavy atom. The molecule has 5 nitrogen and oxygen atoms in total. The van der Waals surface area contributed by atoms with Gasteiger partial charge in [0.25, 0.3) is 0 Å². The second kappa shape index (κ2) is 5.65. The first-order chi connectivity index (χ1) is 11.2. The van der Waals surface area contributed by atoms with Crippen LogP contribution >= 0.6 is 0 Å². The van der Waals surface area contributed by atoms with Crippen LogP contribution < -0.4 is 10.6 Å². The lowest BCUT2D eigenvalue weighted by atomic mass is 10.0. The number of aromatic nitrogens is 2. The average molecular weight is 308 g/mol. The molecule has 23 heavy (non-hydrogen) atoms. The van der Waals surface area contributed by atoms with Crippen LogP contribution in [0, 0.1) is 0 Å². The van der Waals surface area contributed by atoms with Crippen molar-refractivity contribution in [3.63, 3.8) is 0 Å². The van der Waals surface area contributed by atoms with Crippen LogP contribution in [0.15, 0.2) is 24.3 Å². The van der Waals surface area contributed by atoms with Crippen LogP contribution in [0.3, 0.4) is 0 Å². The molecule has 4 rings (SSSR count). The SMILES string of the molecule is NC(=O)Cc1ccc(-c2nc(N3CCC3)nc3c2CCC3)cc1. The standard InChI is InChI=1S/C18H20N4O/c19-16(23)11-12-5-7-13(8-6-12)17-14-3-1-4-15(14)20-18(21-17)22-9-2-10-22/h5-8H,1-4,9-11H2,(H2,19,23). The number of nitrogens with two attached hydrogens (primary N) is 1. The first kappa shape index (κ1) is 14.2. The fraction of sp³-hybridized carbons (Fsp3) is 0.389. The van der Waals surface area contributed by atoms with Gasteiger partial charge in [-0.2, -0.15) is 0 Å². The molecule has 0 unspecified atom stereocenters. The van der Waals surface area contributed by atoms with Crippen molar-refractivity contribution in [1.29, 1.82) is 0 Å². The van der Waals surface area contributed by atoms with Gasteiger partial charge in [0.1, 0.15) is 0 Å². The average Bonchev–Trinajstić information content (AvgIpc) is 2.93. The second-order valence-corrected chi connectivity index (χ2v) is 6.33. The van der Waals surface area contributed by atoms with Crippen molar-refractivity contribution in [1.82, 2.24) is 9.97 Å². The van der Waals surface area contributed by atoms with Crippen LogP contribution in [0.4, 0.5) is 5.95 Å². The number of nitrogens with zero attached hydrogens (tertiary/aromatic N) is 3. The molecule has 1 aromatic carbocycles. The summed E-state index contributed by atoms with van der Waals surface area (Å²) in [4.78, 5) is 22.9. The molecule has 0 radical (unpaired) electrons. The lowest BCUT2D eigenvalue weighted by molar-refractivity contribution is -0.117. The minimum atomic E-state index is -0.305. The second-order valence-electron chi connectivity index (χ2n) is 6.33. The molecule has 1 aliphatic carbocycles. The predicted octanol–water partition coefficient (Wildman–Crippen LogP) is 1.87. The van der Waals surface area contributed by atoms with E-state index in [1.807, 2.05) is 24.3 Å². The highest BCUT2D eigenvalue weighted by atomic mass is 16.1. The largest absolute Gasteiger partial charge is 0.369 e. The molecule has 0 saturated carbocycles. The molecule has 0 bridgehead atoms. The Bertz CT molecular complexity index is 750. The van der Waals surface area contributed by atoms with Crippen LogP contribution in [-0.4, -0.2) is 29.0 Å². The molecule has 1 saturated heterocycles. The van der Waals surface area contributed by atoms with Crippen molar-refractivity contribution in [2.45, 2.75) is 32.1 Å². The summed E-state index contributed by atoms with van der Waals surface area (Å²) in [5.41, 5.74) is 10.8. The van der Waals surface area contributed by atoms with E-state index in [-0.39, 0.29) is 12.3 Å². The molecule has 1 fully saturated rings. The summed E-state index contributed by atoms with van der Waals surface area (Å²) in [7, 11) is 0. The lowest BCUT2D eigenvalue weighted by Crippen LogP contribution is -2.38. The molecule has 5 heteroatoms. The lowest BCUT2D eigenvalue weighted by Gasteiger charge is -2.31. The molecular formula is C18H20N4O. The van der Waals surface area contributed by atoms with E-state index in [2.05, 4.69) is 4.90 Å². The van der Waals surface area contributed by atoms with E-state index in [0.29, 0.717) is 0 Å². The summed E-state index contributed by atoms with van der Waals surface area (Å²) in [5.74, 6) is 0.564. The third-order valence-electron chi connectivity index (χ3n) is 4.67. The third kappa shape index (κ3) is 2.67. The van der Waals surface area contributed by atoms with Gasteiger partial charge >= 0.3 is 0 Å². The van der Waals surface area contributed by atoms with Gasteiger partial charge in [0.15, 0.2) is 0 Å². The molecule has 1 amide bonds. The van der Waals surface area contributed by atoms with Gasteiger partial charge in [-0.25, -0.2) is 9.97 Å². The highest BCUT2D eigenvalue weighted by Gasteiger charge is 2.24. The molecule has 118 valence electrons. The summed E-state index contributed by atoms with van der Waals surface area (Å²) in [6, 6.07) is 8.01. The Labute approximate surface area is 135 Å². The Hall–Kier alpha value is -2.43. The fourth-order valence-corrected chi connectivity index (χ4v) is 3.30. The van der Waals surface area contributed by atoms with Crippen molar-refractivity contribution in [3.05, 3.63) is 41.1 Å². The minimum Gasteiger partial charge on any atom is -0.369 e. The van der Waals surface area contributed by atoms with Crippen molar-refractivity contribution < 1.29 is 4.79 Å². The predicted molar refractivity (Wildman–Crippen MR) is 89.2 cm³/mol. The quantitative estimate of drug-likeness (QED) is 0.936. The first-order valence-corrected chi connectivity index (χ1v) is 8.23. The summed E-state index contributed by atoms with van der Waals surface area (Å²) in [6.07, 6.45) is 4.75. The van der Waals surface area contributed by atoms with Gasteiger partial charge in [0, 0.05) is 29.9 Å². The molecule has 2 aliphatic rings. The Kier molecular flexibility index (Phi) is 3.48. The van der Waals surface area contributed by atoms with Crippen molar-refractivity contribution in [2.24, 2.45) is 5.73 Å². The Morgan fingerprint density at radius 2 is 1.87 bits per heavy atom. The molecule has 1 aliphatic heterocycles. The van der Waals surface area contributed by atoms with Gasteiger partial charge in [0.2, 0.25) is 11.9 Å². The number of rotatable bonds is 4. The van der Waals surface area contributed by atoms with Crippen molar-refractivity contribution in [2.75, 3.05) is 18.0 Å². The van der Waals surface area contributed by atoms with E-state index in [1.54, 1.807) is 0 Å². The number of amides is 1. The zero-order valence-corrected chi connectivity index (χ0v) is 13.1. The van der Waals surface area contributed by atoms with E-state index in [4.69, 9.17) is 15.7 Å². The van der Waals surface area contributed by atoms with Crippen LogP contribution in [0.25, 0.3) is 11.3 Å². The Balaban J connectivity index is 1.72. The number of hydrogen-bond acceptors (Lipinski definition) is 4. The Morgan fingerprint density at radius 1 is 1.09 bits per heavy atom. The summed E-state index contributed by atoms with van der Waals surface area (Å²) in [6.45, 7) is 2.10. The zero-order valence-electron chi connectivity index (χ0n) is 13.1. The van der Waals surface area contributed by atoms with Crippen molar-refractivity contribution in [3.8, 4) is 11.3 Å². The van der Waals surface area contributed by atoms with Crippen LogP contribution in [0.2, 0.25) is 0 Å². The number of carbonyl (C=O) groups is 1. The van der Waals surface area contributed by atoms with Crippen LogP contribution in [0.5, 0.6) is 0 Å². The number of fused-ring (bicyclic) bond motifs is 1. The first-order valence-electron chi connectivity index (χ1n) is 8.23. The van der Waals surface area contributed by atoms with Gasteiger partial charge in [-0.3, -0.25) is 4.79 Å². The summed E-state index contributed by atoms with van der Waals surface area (Å²) in [5, 5.41) is 0. The fourth-order valence-electron chi connectivity index (χ4n) is 3.30. The van der Waals surface area contributed by atoms with Crippen molar-refractivity contribution >= 4 is 11.9 Å². The molecular weight excluding hydrogens is 288 g/mol. The minimum absolute atomic E-state index is 0.279. The number of carbonyl (C=O) groups excluding carboxylic acids is 1. The molecule has 2 aromatic rings. The van der Waals surface area contributed by atoms with E-state index >= 15 is 0 Å². The normalized spacial score (nSPS) is 16.1. The molecule has 2 heterocycles. The van der Waals surface area contributed by atoms with Crippen LogP contribution in [0.1, 0.15) is 29.7 Å². The van der Waals surface area contributed by atoms with Gasteiger partial charge in [-0.15, -0.1) is 0 Å². The topological polar surface area (TPSA) is 72.1 Å². The maximum atomic E-state index is 11.0. The van der Waals surface area contributed by atoms with E-state index in [9.17, 15) is 4.79 Å². The number of primary amides is 1. The number of hydrogen-bond donors (Lipinski definition) is 1. The molecule has 1 aromatic heterocycles. The van der Waals surface area contributed by atoms with Gasteiger partial charge in [0.05, 0.1) is 12.1 Å². The van der Waals surface area contributed by atoms with Gasteiger partial charge in [-0.1, -0.05) is 24.3 Å².